The Kier molecular flexibility index (Phi) is 8.17. The number of nitrogens with zero attached hydrogens (tertiary/aromatic N) is 2. The topological polar surface area (TPSA) is 41.9 Å². The Balaban J connectivity index is 2.19. The number of rotatable bonds is 6. The first-order valence-electron chi connectivity index (χ1n) is 11.7. The van der Waals surface area contributed by atoms with Crippen molar-refractivity contribution in [3.05, 3.63) is 35.4 Å². The molecule has 0 radical (unpaired) electrons. The first-order chi connectivity index (χ1) is 14.4. The maximum Gasteiger partial charge on any atom is 0.250 e. The third-order valence-corrected chi connectivity index (χ3v) is 12.4. The summed E-state index contributed by atoms with van der Waals surface area (Å²) in [6.07, 6.45) is 1.96. The average Bonchev–Trinajstić information content (AvgIpc) is 2.63. The van der Waals surface area contributed by atoms with Crippen LogP contribution in [0.4, 0.5) is 0 Å². The highest BCUT2D eigenvalue weighted by Crippen LogP contribution is 2.38. The Hall–Kier alpha value is -1.11. The summed E-state index contributed by atoms with van der Waals surface area (Å²) in [5.41, 5.74) is 2.41. The first kappa shape index (κ1) is 27.1. The molecule has 1 aliphatic heterocycles. The Morgan fingerprint density at radius 3 is 2.03 bits per heavy atom. The zero-order valence-electron chi connectivity index (χ0n) is 22.1. The van der Waals surface area contributed by atoms with Crippen LogP contribution < -0.4 is 0 Å². The largest absolute Gasteiger partial charge is 0.416 e. The second-order valence-electron chi connectivity index (χ2n) is 12.5. The van der Waals surface area contributed by atoms with Gasteiger partial charge in [-0.05, 0) is 55.4 Å². The molecule has 0 saturated heterocycles. The maximum atomic E-state index is 13.4. The summed E-state index contributed by atoms with van der Waals surface area (Å²) in [7, 11) is -1.95. The van der Waals surface area contributed by atoms with E-state index in [2.05, 4.69) is 84.0 Å². The fourth-order valence-corrected chi connectivity index (χ4v) is 5.40. The van der Waals surface area contributed by atoms with E-state index in [0.717, 1.165) is 5.75 Å². The van der Waals surface area contributed by atoms with Gasteiger partial charge in [0, 0.05) is 18.6 Å². The molecule has 4 nitrogen and oxygen atoms in total. The standard InChI is InChI=1S/C26H44N2O2SSi/c1-24(2,3)20-14-12-19(13-15-20)18-31-22-16-27-28(25(4,5)6)23(29)21(22)17-30-32(10,11)26(7,8)9/h12-16,21-22H,17-18H2,1-11H3. The lowest BCUT2D eigenvalue weighted by molar-refractivity contribution is -0.142. The van der Waals surface area contributed by atoms with Crippen LogP contribution in [0.2, 0.25) is 18.1 Å². The van der Waals surface area contributed by atoms with E-state index in [1.54, 1.807) is 16.8 Å². The van der Waals surface area contributed by atoms with Crippen molar-refractivity contribution in [2.45, 2.75) is 102 Å². The van der Waals surface area contributed by atoms with Crippen molar-refractivity contribution in [2.24, 2.45) is 11.0 Å². The molecular formula is C26H44N2O2SSi. The molecule has 1 heterocycles. The molecule has 1 amide bonds. The number of carbonyl (C=O) groups excluding carboxylic acids is 1. The lowest BCUT2D eigenvalue weighted by Crippen LogP contribution is -2.53. The van der Waals surface area contributed by atoms with E-state index >= 15 is 0 Å². The Morgan fingerprint density at radius 2 is 1.56 bits per heavy atom. The van der Waals surface area contributed by atoms with E-state index < -0.39 is 8.32 Å². The highest BCUT2D eigenvalue weighted by atomic mass is 32.2. The number of benzene rings is 1. The molecule has 0 aromatic heterocycles. The van der Waals surface area contributed by atoms with E-state index in [1.807, 2.05) is 27.0 Å². The van der Waals surface area contributed by atoms with Crippen molar-refractivity contribution in [1.82, 2.24) is 5.01 Å². The summed E-state index contributed by atoms with van der Waals surface area (Å²) >= 11 is 1.79. The second-order valence-corrected chi connectivity index (χ2v) is 18.5. The summed E-state index contributed by atoms with van der Waals surface area (Å²) < 4.78 is 6.52. The Bertz CT molecular complexity index is 814. The van der Waals surface area contributed by atoms with Crippen LogP contribution in [0.3, 0.4) is 0 Å². The van der Waals surface area contributed by atoms with E-state index in [1.165, 1.54) is 11.1 Å². The average molecular weight is 477 g/mol. The van der Waals surface area contributed by atoms with E-state index in [4.69, 9.17) is 4.43 Å². The molecule has 2 rings (SSSR count). The lowest BCUT2D eigenvalue weighted by Gasteiger charge is -2.41. The molecule has 0 saturated carbocycles. The van der Waals surface area contributed by atoms with Gasteiger partial charge in [0.25, 0.3) is 0 Å². The zero-order chi connectivity index (χ0) is 24.5. The minimum atomic E-state index is -1.95. The van der Waals surface area contributed by atoms with Gasteiger partial charge in [-0.25, -0.2) is 5.01 Å². The Labute approximate surface area is 201 Å². The zero-order valence-corrected chi connectivity index (χ0v) is 23.9. The van der Waals surface area contributed by atoms with Gasteiger partial charge < -0.3 is 4.43 Å². The van der Waals surface area contributed by atoms with Crippen molar-refractivity contribution >= 4 is 32.2 Å². The molecule has 0 N–H and O–H groups in total. The van der Waals surface area contributed by atoms with E-state index in [0.29, 0.717) is 6.61 Å². The van der Waals surface area contributed by atoms with Crippen LogP contribution in [-0.4, -0.2) is 42.8 Å². The highest BCUT2D eigenvalue weighted by molar-refractivity contribution is 7.99. The van der Waals surface area contributed by atoms with Gasteiger partial charge in [-0.15, -0.1) is 11.8 Å². The molecule has 0 fully saturated rings. The monoisotopic (exact) mass is 476 g/mol. The van der Waals surface area contributed by atoms with Crippen molar-refractivity contribution in [2.75, 3.05) is 6.61 Å². The van der Waals surface area contributed by atoms with Crippen LogP contribution in [0, 0.1) is 5.92 Å². The molecule has 1 aromatic carbocycles. The summed E-state index contributed by atoms with van der Waals surface area (Å²) in [5.74, 6) is 0.694. The summed E-state index contributed by atoms with van der Waals surface area (Å²) in [6.45, 7) is 24.4. The van der Waals surface area contributed by atoms with Crippen molar-refractivity contribution < 1.29 is 9.22 Å². The number of hydrazone groups is 1. The van der Waals surface area contributed by atoms with Gasteiger partial charge in [-0.1, -0.05) is 65.8 Å². The maximum absolute atomic E-state index is 13.4. The quantitative estimate of drug-likeness (QED) is 0.422. The van der Waals surface area contributed by atoms with Gasteiger partial charge in [0.05, 0.1) is 16.7 Å². The van der Waals surface area contributed by atoms with Gasteiger partial charge in [0.15, 0.2) is 8.32 Å². The normalized spacial score (nSPS) is 20.7. The molecular weight excluding hydrogens is 432 g/mol. The van der Waals surface area contributed by atoms with Gasteiger partial charge in [-0.2, -0.15) is 5.10 Å². The third-order valence-electron chi connectivity index (χ3n) is 6.58. The number of amides is 1. The van der Waals surface area contributed by atoms with Crippen LogP contribution in [0.15, 0.2) is 29.4 Å². The fraction of sp³-hybridized carbons (Fsp3) is 0.692. The minimum absolute atomic E-state index is 0.00756. The number of carbonyl (C=O) groups is 1. The molecule has 1 aliphatic rings. The van der Waals surface area contributed by atoms with E-state index in [-0.39, 0.29) is 33.1 Å². The summed E-state index contributed by atoms with van der Waals surface area (Å²) in [6, 6.07) is 8.85. The van der Waals surface area contributed by atoms with Crippen LogP contribution in [0.5, 0.6) is 0 Å². The Morgan fingerprint density at radius 1 is 1.00 bits per heavy atom. The molecule has 0 bridgehead atoms. The SMILES string of the molecule is CC(C)(C)c1ccc(CSC2C=NN(C(C)(C)C)C(=O)C2CO[Si](C)(C)C(C)(C)C)cc1. The van der Waals surface area contributed by atoms with Crippen molar-refractivity contribution in [3.63, 3.8) is 0 Å². The molecule has 0 spiro atoms. The van der Waals surface area contributed by atoms with Crippen molar-refractivity contribution in [3.8, 4) is 0 Å². The van der Waals surface area contributed by atoms with Crippen LogP contribution in [0.25, 0.3) is 0 Å². The van der Waals surface area contributed by atoms with Crippen LogP contribution >= 0.6 is 11.8 Å². The van der Waals surface area contributed by atoms with Gasteiger partial charge >= 0.3 is 0 Å². The molecule has 0 aliphatic carbocycles. The highest BCUT2D eigenvalue weighted by Gasteiger charge is 2.43. The fourth-order valence-electron chi connectivity index (χ4n) is 3.23. The number of hydrogen-bond donors (Lipinski definition) is 0. The predicted molar refractivity (Wildman–Crippen MR) is 142 cm³/mol. The second kappa shape index (κ2) is 9.63. The van der Waals surface area contributed by atoms with Gasteiger partial charge in [-0.3, -0.25) is 4.79 Å². The van der Waals surface area contributed by atoms with Gasteiger partial charge in [0.1, 0.15) is 0 Å². The molecule has 2 unspecified atom stereocenters. The predicted octanol–water partition coefficient (Wildman–Crippen LogP) is 6.85. The van der Waals surface area contributed by atoms with Gasteiger partial charge in [0.2, 0.25) is 5.91 Å². The molecule has 6 heteroatoms. The third kappa shape index (κ3) is 6.70. The molecule has 1 aromatic rings. The van der Waals surface area contributed by atoms with Crippen molar-refractivity contribution in [1.29, 1.82) is 0 Å². The molecule has 2 atom stereocenters. The smallest absolute Gasteiger partial charge is 0.250 e. The molecule has 180 valence electrons. The summed E-state index contributed by atoms with van der Waals surface area (Å²) in [4.78, 5) is 13.4. The first-order valence-corrected chi connectivity index (χ1v) is 15.6. The van der Waals surface area contributed by atoms with E-state index in [9.17, 15) is 4.79 Å². The lowest BCUT2D eigenvalue weighted by atomic mass is 9.87. The number of hydrogen-bond acceptors (Lipinski definition) is 4. The minimum Gasteiger partial charge on any atom is -0.416 e. The van der Waals surface area contributed by atoms with Crippen LogP contribution in [0.1, 0.15) is 73.4 Å². The number of thioether (sulfide) groups is 1. The van der Waals surface area contributed by atoms with Crippen LogP contribution in [-0.2, 0) is 20.4 Å². The summed E-state index contributed by atoms with van der Waals surface area (Å²) in [5, 5.41) is 6.32. The molecule has 32 heavy (non-hydrogen) atoms.